The molecule has 21 heavy (non-hydrogen) atoms. The molecule has 1 aromatic carbocycles. The smallest absolute Gasteiger partial charge is 0.315 e. The highest BCUT2D eigenvalue weighted by atomic mass is 16.3. The molecule has 2 rings (SSSR count). The Morgan fingerprint density at radius 3 is 2.86 bits per heavy atom. The van der Waals surface area contributed by atoms with Gasteiger partial charge in [-0.3, -0.25) is 0 Å². The van der Waals surface area contributed by atoms with Gasteiger partial charge in [0.1, 0.15) is 0 Å². The summed E-state index contributed by atoms with van der Waals surface area (Å²) in [5, 5.41) is 15.4. The number of aliphatic hydroxyl groups excluding tert-OH is 1. The first-order valence-corrected chi connectivity index (χ1v) is 7.68. The molecule has 2 unspecified atom stereocenters. The molecule has 1 aliphatic rings. The average molecular weight is 290 g/mol. The standard InChI is InChI=1S/C17H26N2O2/c1-12(20)10-17(2,3)11-18-16(21)19-15-9-8-13-6-4-5-7-14(13)15/h4-7,12,15,20H,8-11H2,1-3H3,(H2,18,19,21). The molecule has 4 nitrogen and oxygen atoms in total. The number of carbonyl (C=O) groups excluding carboxylic acids is 1. The molecule has 1 aromatic rings. The highest BCUT2D eigenvalue weighted by Crippen LogP contribution is 2.30. The van der Waals surface area contributed by atoms with Crippen LogP contribution >= 0.6 is 0 Å². The molecule has 2 amide bonds. The predicted octanol–water partition coefficient (Wildman–Crippen LogP) is 2.77. The van der Waals surface area contributed by atoms with Crippen LogP contribution in [-0.4, -0.2) is 23.8 Å². The summed E-state index contributed by atoms with van der Waals surface area (Å²) in [4.78, 5) is 12.1. The van der Waals surface area contributed by atoms with Crippen LogP contribution in [0.15, 0.2) is 24.3 Å². The first kappa shape index (κ1) is 15.8. The van der Waals surface area contributed by atoms with E-state index in [1.54, 1.807) is 6.92 Å². The van der Waals surface area contributed by atoms with Gasteiger partial charge in [0.05, 0.1) is 12.1 Å². The fourth-order valence-electron chi connectivity index (χ4n) is 3.11. The van der Waals surface area contributed by atoms with Crippen LogP contribution in [0.2, 0.25) is 0 Å². The van der Waals surface area contributed by atoms with Gasteiger partial charge in [-0.05, 0) is 42.7 Å². The number of hydrogen-bond acceptors (Lipinski definition) is 2. The van der Waals surface area contributed by atoms with E-state index in [9.17, 15) is 9.90 Å². The van der Waals surface area contributed by atoms with Gasteiger partial charge < -0.3 is 15.7 Å². The number of benzene rings is 1. The van der Waals surface area contributed by atoms with E-state index in [4.69, 9.17) is 0 Å². The number of hydrogen-bond donors (Lipinski definition) is 3. The summed E-state index contributed by atoms with van der Waals surface area (Å²) in [5.41, 5.74) is 2.45. The molecule has 0 heterocycles. The van der Waals surface area contributed by atoms with Crippen molar-refractivity contribution in [2.45, 2.75) is 52.2 Å². The minimum atomic E-state index is -0.355. The van der Waals surface area contributed by atoms with Crippen LogP contribution in [0.4, 0.5) is 4.79 Å². The lowest BCUT2D eigenvalue weighted by Crippen LogP contribution is -2.42. The first-order valence-electron chi connectivity index (χ1n) is 7.68. The average Bonchev–Trinajstić information content (AvgIpc) is 2.79. The normalized spacial score (nSPS) is 19.0. The third-order valence-electron chi connectivity index (χ3n) is 4.01. The maximum absolute atomic E-state index is 12.1. The minimum absolute atomic E-state index is 0.112. The maximum Gasteiger partial charge on any atom is 0.315 e. The van der Waals surface area contributed by atoms with Crippen molar-refractivity contribution in [3.63, 3.8) is 0 Å². The van der Waals surface area contributed by atoms with Gasteiger partial charge >= 0.3 is 6.03 Å². The van der Waals surface area contributed by atoms with E-state index >= 15 is 0 Å². The number of urea groups is 1. The summed E-state index contributed by atoms with van der Waals surface area (Å²) in [6, 6.07) is 8.25. The van der Waals surface area contributed by atoms with Gasteiger partial charge in [-0.15, -0.1) is 0 Å². The summed E-state index contributed by atoms with van der Waals surface area (Å²) in [5.74, 6) is 0. The van der Waals surface area contributed by atoms with Crippen LogP contribution < -0.4 is 10.6 Å². The summed E-state index contributed by atoms with van der Waals surface area (Å²) < 4.78 is 0. The molecule has 0 aliphatic heterocycles. The number of nitrogens with one attached hydrogen (secondary N) is 2. The number of fused-ring (bicyclic) bond motifs is 1. The highest BCUT2D eigenvalue weighted by Gasteiger charge is 2.25. The van der Waals surface area contributed by atoms with Crippen LogP contribution in [0.5, 0.6) is 0 Å². The first-order chi connectivity index (χ1) is 9.87. The number of carbonyl (C=O) groups is 1. The van der Waals surface area contributed by atoms with Gasteiger partial charge in [0.25, 0.3) is 0 Å². The van der Waals surface area contributed by atoms with Crippen LogP contribution in [0.1, 0.15) is 50.8 Å². The molecule has 0 radical (unpaired) electrons. The summed E-state index contributed by atoms with van der Waals surface area (Å²) in [7, 11) is 0. The summed E-state index contributed by atoms with van der Waals surface area (Å²) in [6.45, 7) is 6.42. The molecule has 1 aliphatic carbocycles. The van der Waals surface area contributed by atoms with Crippen molar-refractivity contribution < 1.29 is 9.90 Å². The second-order valence-corrected chi connectivity index (χ2v) is 6.83. The Morgan fingerprint density at radius 2 is 2.14 bits per heavy atom. The fraction of sp³-hybridized carbons (Fsp3) is 0.588. The van der Waals surface area contributed by atoms with Gasteiger partial charge in [0.2, 0.25) is 0 Å². The lowest BCUT2D eigenvalue weighted by atomic mass is 9.87. The zero-order valence-electron chi connectivity index (χ0n) is 13.1. The summed E-state index contributed by atoms with van der Waals surface area (Å²) >= 11 is 0. The molecule has 0 saturated carbocycles. The Hall–Kier alpha value is -1.55. The van der Waals surface area contributed by atoms with Crippen LogP contribution in [-0.2, 0) is 6.42 Å². The molecular formula is C17H26N2O2. The molecular weight excluding hydrogens is 264 g/mol. The van der Waals surface area contributed by atoms with E-state index in [0.717, 1.165) is 12.8 Å². The minimum Gasteiger partial charge on any atom is -0.393 e. The number of aliphatic hydroxyl groups is 1. The lowest BCUT2D eigenvalue weighted by Gasteiger charge is -2.27. The van der Waals surface area contributed by atoms with E-state index in [1.807, 2.05) is 26.0 Å². The van der Waals surface area contributed by atoms with Crippen molar-refractivity contribution in [3.05, 3.63) is 35.4 Å². The van der Waals surface area contributed by atoms with Crippen molar-refractivity contribution in [2.24, 2.45) is 5.41 Å². The van der Waals surface area contributed by atoms with Crippen LogP contribution in [0, 0.1) is 5.41 Å². The Morgan fingerprint density at radius 1 is 1.43 bits per heavy atom. The Kier molecular flexibility index (Phi) is 4.88. The summed E-state index contributed by atoms with van der Waals surface area (Å²) in [6.07, 6.45) is 2.30. The van der Waals surface area contributed by atoms with Crippen LogP contribution in [0.25, 0.3) is 0 Å². The Labute approximate surface area is 126 Å². The second-order valence-electron chi connectivity index (χ2n) is 6.83. The lowest BCUT2D eigenvalue weighted by molar-refractivity contribution is 0.128. The van der Waals surface area contributed by atoms with E-state index in [-0.39, 0.29) is 23.6 Å². The fourth-order valence-corrected chi connectivity index (χ4v) is 3.11. The quantitative estimate of drug-likeness (QED) is 0.781. The van der Waals surface area contributed by atoms with Crippen molar-refractivity contribution in [2.75, 3.05) is 6.54 Å². The maximum atomic E-state index is 12.1. The van der Waals surface area contributed by atoms with E-state index in [2.05, 4.69) is 22.8 Å². The zero-order chi connectivity index (χ0) is 15.5. The SMILES string of the molecule is CC(O)CC(C)(C)CNC(=O)NC1CCc2ccccc21. The van der Waals surface area contributed by atoms with Gasteiger partial charge in [-0.1, -0.05) is 38.1 Å². The van der Waals surface area contributed by atoms with Gasteiger partial charge in [-0.2, -0.15) is 0 Å². The Bertz CT molecular complexity index is 497. The molecule has 0 saturated heterocycles. The molecule has 0 spiro atoms. The van der Waals surface area contributed by atoms with Gasteiger partial charge in [0.15, 0.2) is 0 Å². The largest absolute Gasteiger partial charge is 0.393 e. The van der Waals surface area contributed by atoms with Gasteiger partial charge in [0, 0.05) is 6.54 Å². The van der Waals surface area contributed by atoms with E-state index < -0.39 is 0 Å². The van der Waals surface area contributed by atoms with Crippen molar-refractivity contribution in [1.82, 2.24) is 10.6 Å². The predicted molar refractivity (Wildman–Crippen MR) is 84.1 cm³/mol. The zero-order valence-corrected chi connectivity index (χ0v) is 13.1. The second kappa shape index (κ2) is 6.48. The van der Waals surface area contributed by atoms with Crippen molar-refractivity contribution in [1.29, 1.82) is 0 Å². The number of rotatable bonds is 5. The molecule has 3 N–H and O–H groups in total. The third-order valence-corrected chi connectivity index (χ3v) is 4.01. The molecule has 4 heteroatoms. The van der Waals surface area contributed by atoms with Crippen molar-refractivity contribution in [3.8, 4) is 0 Å². The molecule has 0 bridgehead atoms. The van der Waals surface area contributed by atoms with Crippen molar-refractivity contribution >= 4 is 6.03 Å². The molecule has 0 aromatic heterocycles. The molecule has 2 atom stereocenters. The van der Waals surface area contributed by atoms with Crippen LogP contribution in [0.3, 0.4) is 0 Å². The van der Waals surface area contributed by atoms with E-state index in [0.29, 0.717) is 13.0 Å². The third kappa shape index (κ3) is 4.46. The number of amides is 2. The monoisotopic (exact) mass is 290 g/mol. The van der Waals surface area contributed by atoms with Gasteiger partial charge in [-0.25, -0.2) is 4.79 Å². The number of aryl methyl sites for hydroxylation is 1. The molecule has 0 fully saturated rings. The Balaban J connectivity index is 1.84. The van der Waals surface area contributed by atoms with E-state index in [1.165, 1.54) is 11.1 Å². The molecule has 116 valence electrons. The topological polar surface area (TPSA) is 61.4 Å². The highest BCUT2D eigenvalue weighted by molar-refractivity contribution is 5.74.